The van der Waals surface area contributed by atoms with E-state index in [1.165, 1.54) is 5.69 Å². The molecule has 0 aliphatic carbocycles. The molecular weight excluding hydrogens is 372 g/mol. The lowest BCUT2D eigenvalue weighted by Crippen LogP contribution is -2.36. The zero-order valence-corrected chi connectivity index (χ0v) is 17.3. The summed E-state index contributed by atoms with van der Waals surface area (Å²) in [6.45, 7) is 9.45. The zero-order valence-electron chi connectivity index (χ0n) is 16.5. The number of ether oxygens (including phenoxy) is 1. The van der Waals surface area contributed by atoms with Crippen molar-refractivity contribution in [1.29, 1.82) is 0 Å². The third-order valence-electron chi connectivity index (χ3n) is 5.37. The smallest absolute Gasteiger partial charge is 0.157 e. The Hall–Kier alpha value is -2.37. The summed E-state index contributed by atoms with van der Waals surface area (Å²) in [6.07, 6.45) is 0. The van der Waals surface area contributed by atoms with Crippen molar-refractivity contribution in [3.63, 3.8) is 0 Å². The summed E-state index contributed by atoms with van der Waals surface area (Å²) in [4.78, 5) is 2.35. The maximum atomic E-state index is 6.53. The summed E-state index contributed by atoms with van der Waals surface area (Å²) < 4.78 is 5.49. The summed E-state index contributed by atoms with van der Waals surface area (Å²) in [6, 6.07) is 12.6. The van der Waals surface area contributed by atoms with E-state index in [0.29, 0.717) is 0 Å². The highest BCUT2D eigenvalue weighted by Gasteiger charge is 2.17. The molecule has 1 aliphatic heterocycles. The Morgan fingerprint density at radius 1 is 1.07 bits per heavy atom. The molecule has 1 aliphatic rings. The Kier molecular flexibility index (Phi) is 5.38. The molecule has 2 aromatic carbocycles. The van der Waals surface area contributed by atoms with Crippen LogP contribution in [0.4, 0.5) is 11.5 Å². The van der Waals surface area contributed by atoms with Gasteiger partial charge in [-0.3, -0.25) is 0 Å². The number of nitrogens with one attached hydrogen (secondary N) is 1. The van der Waals surface area contributed by atoms with Crippen LogP contribution in [0.15, 0.2) is 36.4 Å². The molecule has 1 aromatic heterocycles. The lowest BCUT2D eigenvalue weighted by Gasteiger charge is -2.29. The van der Waals surface area contributed by atoms with Gasteiger partial charge < -0.3 is 15.0 Å². The van der Waals surface area contributed by atoms with E-state index >= 15 is 0 Å². The minimum atomic E-state index is 0.0136. The van der Waals surface area contributed by atoms with Gasteiger partial charge in [-0.05, 0) is 44.0 Å². The molecule has 2 heterocycles. The second-order valence-corrected chi connectivity index (χ2v) is 7.69. The van der Waals surface area contributed by atoms with Gasteiger partial charge in [-0.1, -0.05) is 35.9 Å². The van der Waals surface area contributed by atoms with Gasteiger partial charge in [0.25, 0.3) is 0 Å². The Labute approximate surface area is 170 Å². The lowest BCUT2D eigenvalue weighted by atomic mass is 10.0. The molecule has 1 fully saturated rings. The van der Waals surface area contributed by atoms with Crippen LogP contribution in [-0.2, 0) is 4.74 Å². The minimum absolute atomic E-state index is 0.0136. The highest BCUT2D eigenvalue weighted by molar-refractivity contribution is 6.32. The standard InChI is InChI=1S/C22H25ClN4O/c1-14-5-4-6-19(21(14)23)15(2)24-22-20-13-17(27-9-11-28-12-10-27)7-8-18(20)16(3)25-26-22/h4-8,13,15H,9-12H2,1-3H3,(H,24,26)/t15-/m1/s1. The number of halogens is 1. The van der Waals surface area contributed by atoms with Gasteiger partial charge in [-0.2, -0.15) is 5.10 Å². The van der Waals surface area contributed by atoms with Gasteiger partial charge in [0.05, 0.1) is 24.9 Å². The van der Waals surface area contributed by atoms with E-state index in [1.807, 2.05) is 26.0 Å². The SMILES string of the molecule is Cc1cccc([C@@H](C)Nc2nnc(C)c3ccc(N4CCOCC4)cc23)c1Cl. The van der Waals surface area contributed by atoms with Gasteiger partial charge in [-0.15, -0.1) is 5.10 Å². The highest BCUT2D eigenvalue weighted by Crippen LogP contribution is 2.32. The molecule has 0 radical (unpaired) electrons. The molecule has 4 rings (SSSR count). The molecule has 28 heavy (non-hydrogen) atoms. The molecule has 0 amide bonds. The van der Waals surface area contributed by atoms with Crippen molar-refractivity contribution in [2.75, 3.05) is 36.5 Å². The van der Waals surface area contributed by atoms with Crippen molar-refractivity contribution >= 4 is 33.9 Å². The van der Waals surface area contributed by atoms with Crippen LogP contribution in [0.25, 0.3) is 10.8 Å². The van der Waals surface area contributed by atoms with Crippen molar-refractivity contribution in [1.82, 2.24) is 10.2 Å². The van der Waals surface area contributed by atoms with Gasteiger partial charge in [0.2, 0.25) is 0 Å². The number of anilines is 2. The first kappa shape index (κ1) is 19.0. The van der Waals surface area contributed by atoms with E-state index < -0.39 is 0 Å². The van der Waals surface area contributed by atoms with Gasteiger partial charge in [0.15, 0.2) is 5.82 Å². The third-order valence-corrected chi connectivity index (χ3v) is 5.88. The van der Waals surface area contributed by atoms with Gasteiger partial charge >= 0.3 is 0 Å². The summed E-state index contributed by atoms with van der Waals surface area (Å²) in [5, 5.41) is 15.3. The number of nitrogens with zero attached hydrogens (tertiary/aromatic N) is 3. The average Bonchev–Trinajstić information content (AvgIpc) is 2.72. The highest BCUT2D eigenvalue weighted by atomic mass is 35.5. The number of aryl methyl sites for hydroxylation is 2. The monoisotopic (exact) mass is 396 g/mol. The molecule has 1 N–H and O–H groups in total. The van der Waals surface area contributed by atoms with Gasteiger partial charge in [0.1, 0.15) is 0 Å². The molecule has 0 saturated carbocycles. The predicted octanol–water partition coefficient (Wildman–Crippen LogP) is 4.91. The molecule has 0 bridgehead atoms. The Morgan fingerprint density at radius 2 is 1.86 bits per heavy atom. The number of hydrogen-bond donors (Lipinski definition) is 1. The fraction of sp³-hybridized carbons (Fsp3) is 0.364. The number of rotatable bonds is 4. The van der Waals surface area contributed by atoms with Gasteiger partial charge in [-0.25, -0.2) is 0 Å². The van der Waals surface area contributed by atoms with Crippen LogP contribution in [0.3, 0.4) is 0 Å². The third kappa shape index (κ3) is 3.64. The first-order chi connectivity index (χ1) is 13.5. The van der Waals surface area contributed by atoms with E-state index in [1.54, 1.807) is 0 Å². The fourth-order valence-electron chi connectivity index (χ4n) is 3.69. The molecule has 0 unspecified atom stereocenters. The fourth-order valence-corrected chi connectivity index (χ4v) is 3.98. The van der Waals surface area contributed by atoms with Crippen molar-refractivity contribution < 1.29 is 4.74 Å². The molecule has 1 atom stereocenters. The summed E-state index contributed by atoms with van der Waals surface area (Å²) in [5.41, 5.74) is 4.24. The Balaban J connectivity index is 1.71. The molecule has 1 saturated heterocycles. The van der Waals surface area contributed by atoms with E-state index in [0.717, 1.165) is 64.7 Å². The van der Waals surface area contributed by atoms with Crippen molar-refractivity contribution in [3.8, 4) is 0 Å². The molecule has 0 spiro atoms. The van der Waals surface area contributed by atoms with Crippen LogP contribution >= 0.6 is 11.6 Å². The number of morpholine rings is 1. The van der Waals surface area contributed by atoms with Crippen LogP contribution in [0.2, 0.25) is 5.02 Å². The maximum Gasteiger partial charge on any atom is 0.157 e. The quantitative estimate of drug-likeness (QED) is 0.679. The van der Waals surface area contributed by atoms with E-state index in [9.17, 15) is 0 Å². The number of hydrogen-bond acceptors (Lipinski definition) is 5. The molecule has 3 aromatic rings. The second-order valence-electron chi connectivity index (χ2n) is 7.31. The number of benzene rings is 2. The first-order valence-electron chi connectivity index (χ1n) is 9.66. The lowest BCUT2D eigenvalue weighted by molar-refractivity contribution is 0.122. The molecule has 5 nitrogen and oxygen atoms in total. The Morgan fingerprint density at radius 3 is 2.64 bits per heavy atom. The van der Waals surface area contributed by atoms with E-state index in [-0.39, 0.29) is 6.04 Å². The van der Waals surface area contributed by atoms with Crippen molar-refractivity contribution in [3.05, 3.63) is 58.2 Å². The largest absolute Gasteiger partial charge is 0.378 e. The van der Waals surface area contributed by atoms with Crippen LogP contribution in [0.1, 0.15) is 29.8 Å². The summed E-state index contributed by atoms with van der Waals surface area (Å²) in [7, 11) is 0. The maximum absolute atomic E-state index is 6.53. The van der Waals surface area contributed by atoms with Crippen LogP contribution in [0.5, 0.6) is 0 Å². The number of fused-ring (bicyclic) bond motifs is 1. The average molecular weight is 397 g/mol. The summed E-state index contributed by atoms with van der Waals surface area (Å²) >= 11 is 6.53. The van der Waals surface area contributed by atoms with Gasteiger partial charge in [0, 0.05) is 34.6 Å². The van der Waals surface area contributed by atoms with Crippen LogP contribution in [0, 0.1) is 13.8 Å². The molecular formula is C22H25ClN4O. The zero-order chi connectivity index (χ0) is 19.7. The van der Waals surface area contributed by atoms with Crippen LogP contribution in [-0.4, -0.2) is 36.5 Å². The Bertz CT molecular complexity index is 1000. The molecule has 6 heteroatoms. The second kappa shape index (κ2) is 7.94. The minimum Gasteiger partial charge on any atom is -0.378 e. The normalized spacial score (nSPS) is 15.6. The topological polar surface area (TPSA) is 50.3 Å². The van der Waals surface area contributed by atoms with Crippen LogP contribution < -0.4 is 10.2 Å². The van der Waals surface area contributed by atoms with Crippen molar-refractivity contribution in [2.45, 2.75) is 26.8 Å². The molecule has 146 valence electrons. The number of aromatic nitrogens is 2. The van der Waals surface area contributed by atoms with Crippen molar-refractivity contribution in [2.24, 2.45) is 0 Å². The first-order valence-corrected chi connectivity index (χ1v) is 10.0. The van der Waals surface area contributed by atoms with E-state index in [4.69, 9.17) is 16.3 Å². The summed E-state index contributed by atoms with van der Waals surface area (Å²) in [5.74, 6) is 0.779. The van der Waals surface area contributed by atoms with E-state index in [2.05, 4.69) is 51.6 Å². The predicted molar refractivity (Wildman–Crippen MR) is 116 cm³/mol.